The van der Waals surface area contributed by atoms with Gasteiger partial charge in [-0.15, -0.1) is 0 Å². The van der Waals surface area contributed by atoms with Gasteiger partial charge >= 0.3 is 0 Å². The molecular formula is C20H18N4O6. The van der Waals surface area contributed by atoms with Crippen molar-refractivity contribution in [3.05, 3.63) is 52.4 Å². The van der Waals surface area contributed by atoms with Crippen molar-refractivity contribution in [2.45, 2.75) is 38.8 Å². The summed E-state index contributed by atoms with van der Waals surface area (Å²) < 4.78 is 5.01. The van der Waals surface area contributed by atoms with E-state index in [-0.39, 0.29) is 42.8 Å². The van der Waals surface area contributed by atoms with Crippen LogP contribution in [0.25, 0.3) is 0 Å². The molecule has 2 aliphatic rings. The number of imide groups is 2. The van der Waals surface area contributed by atoms with Gasteiger partial charge in [0.05, 0.1) is 23.2 Å². The smallest absolute Gasteiger partial charge is 0.262 e. The minimum Gasteiger partial charge on any atom is -0.361 e. The highest BCUT2D eigenvalue weighted by atomic mass is 16.5. The first-order chi connectivity index (χ1) is 14.3. The summed E-state index contributed by atoms with van der Waals surface area (Å²) >= 11 is 0. The molecule has 1 aromatic heterocycles. The number of benzene rings is 1. The average molecular weight is 410 g/mol. The van der Waals surface area contributed by atoms with E-state index in [4.69, 9.17) is 4.52 Å². The molecule has 2 N–H and O–H groups in total. The molecule has 0 bridgehead atoms. The number of nitrogens with zero attached hydrogens (tertiary/aromatic N) is 2. The highest BCUT2D eigenvalue weighted by Gasteiger charge is 2.45. The third kappa shape index (κ3) is 3.47. The number of carbonyl (C=O) groups is 5. The maximum absolute atomic E-state index is 13.0. The van der Waals surface area contributed by atoms with Crippen molar-refractivity contribution >= 4 is 29.5 Å². The second-order valence-corrected chi connectivity index (χ2v) is 7.18. The Kier molecular flexibility index (Phi) is 4.90. The molecule has 1 saturated heterocycles. The summed E-state index contributed by atoms with van der Waals surface area (Å²) in [5.74, 6) is -2.22. The lowest BCUT2D eigenvalue weighted by Gasteiger charge is -2.27. The van der Waals surface area contributed by atoms with Crippen LogP contribution in [0, 0.1) is 6.92 Å². The number of piperidine rings is 1. The fourth-order valence-corrected chi connectivity index (χ4v) is 3.65. The number of aryl methyl sites for hydroxylation is 1. The molecule has 0 radical (unpaired) electrons. The van der Waals surface area contributed by atoms with Crippen LogP contribution in [0.1, 0.15) is 50.6 Å². The maximum Gasteiger partial charge on any atom is 0.262 e. The van der Waals surface area contributed by atoms with E-state index in [0.717, 1.165) is 4.90 Å². The Labute approximate surface area is 170 Å². The fourth-order valence-electron chi connectivity index (χ4n) is 3.65. The SMILES string of the molecule is Cc1cc(CC(=O)NCc2cccc3c2C(=O)N(C2CCC(=O)NC2=O)C3=O)on1. The van der Waals surface area contributed by atoms with Crippen LogP contribution in [0.5, 0.6) is 0 Å². The lowest BCUT2D eigenvalue weighted by Crippen LogP contribution is -2.54. The summed E-state index contributed by atoms with van der Waals surface area (Å²) in [6.45, 7) is 1.77. The second kappa shape index (κ2) is 7.54. The number of carbonyl (C=O) groups excluding carboxylic acids is 5. The molecule has 1 atom stereocenters. The van der Waals surface area contributed by atoms with E-state index >= 15 is 0 Å². The van der Waals surface area contributed by atoms with Crippen LogP contribution >= 0.6 is 0 Å². The van der Waals surface area contributed by atoms with Gasteiger partial charge in [-0.05, 0) is 25.0 Å². The Hall–Kier alpha value is -3.82. The molecule has 1 aromatic carbocycles. The standard InChI is InChI=1S/C20H18N4O6/c1-10-7-12(30-23-10)8-16(26)21-9-11-3-2-4-13-17(11)20(29)24(19(13)28)14-5-6-15(25)22-18(14)27/h2-4,7,14H,5-6,8-9H2,1H3,(H,21,26)(H,22,25,27). The van der Waals surface area contributed by atoms with E-state index < -0.39 is 29.7 Å². The molecule has 30 heavy (non-hydrogen) atoms. The predicted molar refractivity (Wildman–Crippen MR) is 99.9 cm³/mol. The second-order valence-electron chi connectivity index (χ2n) is 7.18. The topological polar surface area (TPSA) is 139 Å². The first kappa shape index (κ1) is 19.5. The van der Waals surface area contributed by atoms with Crippen molar-refractivity contribution in [3.63, 3.8) is 0 Å². The average Bonchev–Trinajstić information content (AvgIpc) is 3.22. The van der Waals surface area contributed by atoms with Crippen molar-refractivity contribution in [2.75, 3.05) is 0 Å². The Morgan fingerprint density at radius 3 is 2.77 bits per heavy atom. The van der Waals surface area contributed by atoms with Gasteiger partial charge in [-0.2, -0.15) is 0 Å². The monoisotopic (exact) mass is 410 g/mol. The lowest BCUT2D eigenvalue weighted by atomic mass is 10.0. The quantitative estimate of drug-likeness (QED) is 0.673. The number of nitrogens with one attached hydrogen (secondary N) is 2. The van der Waals surface area contributed by atoms with Crippen LogP contribution in [0.15, 0.2) is 28.8 Å². The Balaban J connectivity index is 1.51. The minimum absolute atomic E-state index is 0.00879. The first-order valence-corrected chi connectivity index (χ1v) is 9.37. The zero-order valence-corrected chi connectivity index (χ0v) is 16.1. The van der Waals surface area contributed by atoms with Gasteiger partial charge in [0.2, 0.25) is 17.7 Å². The molecule has 10 heteroatoms. The molecule has 2 aliphatic heterocycles. The van der Waals surface area contributed by atoms with Gasteiger partial charge in [0.15, 0.2) is 0 Å². The Morgan fingerprint density at radius 1 is 1.27 bits per heavy atom. The maximum atomic E-state index is 13.0. The molecule has 2 aromatic rings. The number of fused-ring (bicyclic) bond motifs is 1. The van der Waals surface area contributed by atoms with Gasteiger partial charge in [-0.25, -0.2) is 0 Å². The third-order valence-electron chi connectivity index (χ3n) is 5.04. The largest absolute Gasteiger partial charge is 0.361 e. The van der Waals surface area contributed by atoms with Crippen LogP contribution in [0.3, 0.4) is 0 Å². The Morgan fingerprint density at radius 2 is 2.07 bits per heavy atom. The molecule has 5 amide bonds. The van der Waals surface area contributed by atoms with Crippen molar-refractivity contribution in [3.8, 4) is 0 Å². The molecule has 1 unspecified atom stereocenters. The normalized spacial score (nSPS) is 18.4. The van der Waals surface area contributed by atoms with Crippen molar-refractivity contribution in [1.29, 1.82) is 0 Å². The molecule has 0 aliphatic carbocycles. The summed E-state index contributed by atoms with van der Waals surface area (Å²) in [4.78, 5) is 62.4. The third-order valence-corrected chi connectivity index (χ3v) is 5.04. The summed E-state index contributed by atoms with van der Waals surface area (Å²) in [5.41, 5.74) is 1.45. The van der Waals surface area contributed by atoms with E-state index in [2.05, 4.69) is 15.8 Å². The van der Waals surface area contributed by atoms with Gasteiger partial charge in [0.25, 0.3) is 11.8 Å². The number of amides is 5. The van der Waals surface area contributed by atoms with E-state index in [0.29, 0.717) is 17.0 Å². The van der Waals surface area contributed by atoms with E-state index in [9.17, 15) is 24.0 Å². The molecular weight excluding hydrogens is 392 g/mol. The first-order valence-electron chi connectivity index (χ1n) is 9.37. The summed E-state index contributed by atoms with van der Waals surface area (Å²) in [7, 11) is 0. The van der Waals surface area contributed by atoms with E-state index in [1.54, 1.807) is 25.1 Å². The molecule has 154 valence electrons. The van der Waals surface area contributed by atoms with Crippen molar-refractivity contribution < 1.29 is 28.5 Å². The molecule has 0 saturated carbocycles. The van der Waals surface area contributed by atoms with Gasteiger partial charge in [0, 0.05) is 19.0 Å². The highest BCUT2D eigenvalue weighted by molar-refractivity contribution is 6.24. The number of hydrogen-bond donors (Lipinski definition) is 2. The lowest BCUT2D eigenvalue weighted by molar-refractivity contribution is -0.136. The van der Waals surface area contributed by atoms with E-state index in [1.807, 2.05) is 0 Å². The molecule has 10 nitrogen and oxygen atoms in total. The highest BCUT2D eigenvalue weighted by Crippen LogP contribution is 2.29. The molecule has 0 spiro atoms. The van der Waals surface area contributed by atoms with Gasteiger partial charge in [0.1, 0.15) is 11.8 Å². The zero-order chi connectivity index (χ0) is 21.4. The van der Waals surface area contributed by atoms with Crippen LogP contribution in [-0.4, -0.2) is 45.6 Å². The summed E-state index contributed by atoms with van der Waals surface area (Å²) in [6, 6.07) is 5.37. The number of aromatic nitrogens is 1. The molecule has 1 fully saturated rings. The van der Waals surface area contributed by atoms with Crippen molar-refractivity contribution in [1.82, 2.24) is 20.7 Å². The number of rotatable bonds is 5. The number of hydrogen-bond acceptors (Lipinski definition) is 7. The van der Waals surface area contributed by atoms with E-state index in [1.165, 1.54) is 6.07 Å². The molecule has 4 rings (SSSR count). The summed E-state index contributed by atoms with van der Waals surface area (Å²) in [5, 5.41) is 8.58. The van der Waals surface area contributed by atoms with Crippen LogP contribution < -0.4 is 10.6 Å². The van der Waals surface area contributed by atoms with Crippen LogP contribution in [-0.2, 0) is 27.3 Å². The van der Waals surface area contributed by atoms with Crippen LogP contribution in [0.2, 0.25) is 0 Å². The van der Waals surface area contributed by atoms with Gasteiger partial charge in [-0.3, -0.25) is 34.2 Å². The Bertz CT molecular complexity index is 1090. The minimum atomic E-state index is -1.03. The van der Waals surface area contributed by atoms with Gasteiger partial charge < -0.3 is 9.84 Å². The molecule has 3 heterocycles. The summed E-state index contributed by atoms with van der Waals surface area (Å²) in [6.07, 6.45) is 0.123. The van der Waals surface area contributed by atoms with Gasteiger partial charge in [-0.1, -0.05) is 17.3 Å². The van der Waals surface area contributed by atoms with Crippen molar-refractivity contribution in [2.24, 2.45) is 0 Å². The van der Waals surface area contributed by atoms with Crippen LogP contribution in [0.4, 0.5) is 0 Å². The zero-order valence-electron chi connectivity index (χ0n) is 16.1. The fraction of sp³-hybridized carbons (Fsp3) is 0.300. The predicted octanol–water partition coefficient (Wildman–Crippen LogP) is 0.243.